The Labute approximate surface area is 395 Å². The number of carboxylic acids is 1. The second-order valence-electron chi connectivity index (χ2n) is 16.2. The number of nitrogens with one attached hydrogen (secondary N) is 9. The Bertz CT molecular complexity index is 2390. The van der Waals surface area contributed by atoms with Gasteiger partial charge in [-0.3, -0.25) is 53.1 Å². The summed E-state index contributed by atoms with van der Waals surface area (Å²) in [5, 5.41) is 31.6. The van der Waals surface area contributed by atoms with Crippen LogP contribution in [0.3, 0.4) is 0 Å². The van der Waals surface area contributed by atoms with Crippen LogP contribution in [0.4, 0.5) is 0 Å². The second kappa shape index (κ2) is 26.1. The van der Waals surface area contributed by atoms with Crippen LogP contribution in [0.5, 0.6) is 0 Å². The Morgan fingerprint density at radius 1 is 0.754 bits per heavy atom. The molecule has 0 radical (unpaired) electrons. The van der Waals surface area contributed by atoms with Crippen molar-refractivity contribution in [3.63, 3.8) is 0 Å². The zero-order valence-corrected chi connectivity index (χ0v) is 38.1. The van der Waals surface area contributed by atoms with Gasteiger partial charge >= 0.3 is 5.97 Å². The molecular formula is C43H60N16O10. The number of nitrogens with two attached hydrogens (primary N) is 4. The lowest BCUT2D eigenvalue weighted by molar-refractivity contribution is -0.141. The largest absolute Gasteiger partial charge is 0.481 e. The third-order valence-corrected chi connectivity index (χ3v) is 10.6. The molecule has 26 heteroatoms. The highest BCUT2D eigenvalue weighted by atomic mass is 16.4. The molecule has 0 saturated carbocycles. The fourth-order valence-corrected chi connectivity index (χ4v) is 7.11. The number of aliphatic carboxylic acids is 1. The van der Waals surface area contributed by atoms with Crippen LogP contribution in [0.1, 0.15) is 57.2 Å². The van der Waals surface area contributed by atoms with E-state index in [0.717, 1.165) is 10.8 Å². The van der Waals surface area contributed by atoms with Crippen LogP contribution in [-0.2, 0) is 56.0 Å². The van der Waals surface area contributed by atoms with Crippen LogP contribution < -0.4 is 65.5 Å². The van der Waals surface area contributed by atoms with Crippen molar-refractivity contribution in [2.75, 3.05) is 19.6 Å². The third-order valence-electron chi connectivity index (χ3n) is 10.6. The number of benzene rings is 2. The Kier molecular flexibility index (Phi) is 20.2. The summed E-state index contributed by atoms with van der Waals surface area (Å²) < 4.78 is 0. The zero-order chi connectivity index (χ0) is 50.6. The number of carbonyl (C=O) groups excluding carboxylic acids is 8. The fraction of sp³-hybridized carbons (Fsp3) is 0.442. The number of aliphatic imine (C=N–C) groups is 2. The number of guanidine groups is 2. The molecule has 18 N–H and O–H groups in total. The highest BCUT2D eigenvalue weighted by molar-refractivity contribution is 5.99. The average molecular weight is 961 g/mol. The molecule has 372 valence electrons. The van der Waals surface area contributed by atoms with Gasteiger partial charge in [-0.15, -0.1) is 0 Å². The number of aromatic amines is 1. The van der Waals surface area contributed by atoms with E-state index in [4.69, 9.17) is 22.9 Å². The van der Waals surface area contributed by atoms with Gasteiger partial charge in [0.05, 0.1) is 12.7 Å². The Morgan fingerprint density at radius 3 is 1.99 bits per heavy atom. The van der Waals surface area contributed by atoms with Crippen LogP contribution in [0.2, 0.25) is 0 Å². The van der Waals surface area contributed by atoms with Gasteiger partial charge in [-0.25, -0.2) is 4.98 Å². The first-order chi connectivity index (χ1) is 32.8. The number of hydrogen-bond acceptors (Lipinski definition) is 12. The van der Waals surface area contributed by atoms with Gasteiger partial charge in [0, 0.05) is 51.3 Å². The fourth-order valence-electron chi connectivity index (χ4n) is 7.11. The molecule has 3 aromatic rings. The molecule has 7 atom stereocenters. The molecule has 2 heterocycles. The molecule has 1 aromatic heterocycles. The quantitative estimate of drug-likeness (QED) is 0.0306. The lowest BCUT2D eigenvalue weighted by Crippen LogP contribution is -2.63. The van der Waals surface area contributed by atoms with Crippen molar-refractivity contribution in [3.8, 4) is 0 Å². The Hall–Kier alpha value is -8.32. The molecule has 69 heavy (non-hydrogen) atoms. The molecule has 0 aliphatic carbocycles. The molecule has 0 bridgehead atoms. The maximum atomic E-state index is 14.4. The van der Waals surface area contributed by atoms with Crippen LogP contribution in [0, 0.1) is 0 Å². The van der Waals surface area contributed by atoms with Crippen LogP contribution >= 0.6 is 0 Å². The van der Waals surface area contributed by atoms with Gasteiger partial charge < -0.3 is 75.6 Å². The minimum Gasteiger partial charge on any atom is -0.481 e. The first-order valence-corrected chi connectivity index (χ1v) is 21.9. The van der Waals surface area contributed by atoms with E-state index < -0.39 is 108 Å². The molecule has 26 nitrogen and oxygen atoms in total. The van der Waals surface area contributed by atoms with Crippen molar-refractivity contribution in [1.29, 1.82) is 0 Å². The number of nitrogens with zero attached hydrogens (tertiary/aromatic N) is 3. The van der Waals surface area contributed by atoms with E-state index in [0.29, 0.717) is 11.3 Å². The van der Waals surface area contributed by atoms with E-state index in [1.165, 1.54) is 26.4 Å². The lowest BCUT2D eigenvalue weighted by Gasteiger charge is -2.29. The van der Waals surface area contributed by atoms with Crippen molar-refractivity contribution in [2.24, 2.45) is 32.9 Å². The summed E-state index contributed by atoms with van der Waals surface area (Å²) >= 11 is 0. The maximum Gasteiger partial charge on any atom is 0.305 e. The molecule has 1 fully saturated rings. The summed E-state index contributed by atoms with van der Waals surface area (Å²) in [6.45, 7) is 1.89. The summed E-state index contributed by atoms with van der Waals surface area (Å²) in [5.74, 6) is -9.04. The summed E-state index contributed by atoms with van der Waals surface area (Å²) in [6, 6.07) is 2.51. The first-order valence-electron chi connectivity index (χ1n) is 21.9. The van der Waals surface area contributed by atoms with Crippen molar-refractivity contribution in [2.45, 2.75) is 101 Å². The topological polar surface area (TPSA) is 428 Å². The third kappa shape index (κ3) is 17.8. The minimum absolute atomic E-state index is 0.0134. The molecular weight excluding hydrogens is 901 g/mol. The van der Waals surface area contributed by atoms with Crippen LogP contribution in [-0.4, -0.2) is 142 Å². The summed E-state index contributed by atoms with van der Waals surface area (Å²) in [7, 11) is 0. The first kappa shape index (κ1) is 53.3. The van der Waals surface area contributed by atoms with Crippen molar-refractivity contribution >= 4 is 75.9 Å². The van der Waals surface area contributed by atoms with E-state index in [9.17, 15) is 48.3 Å². The van der Waals surface area contributed by atoms with E-state index in [1.807, 2.05) is 36.4 Å². The normalized spacial score (nSPS) is 20.0. The standard InChI is InChI=1S/C43H60N16O10/c1-22(53-37(65)28(54-23(2)60)9-5-13-49-42(44)45)35(63)59-33-20-51-36(64)32(18-34(61)62)58-40(68)31(17-27-19-48-21-52-27)57-39(67)30(16-24-11-12-25-7-3-4-8-26(25)15-24)56-38(66)29(55-41(33)69)10-6-14-50-43(46)47/h3-4,7-8,11-12,15,19,21-22,28-33H,5-6,9-10,13-14,16-18,20H2,1-2H3,(H,48,52)(H,51,64)(H,53,65)(H,54,60)(H,55,69)(H,56,66)(H,57,67)(H,58,68)(H,59,63)(H,61,62)(H4,44,45,49)(H4,46,47,50)/t22-,28-,29-,30-,31-,32+,33+/m0/s1. The Morgan fingerprint density at radius 2 is 1.36 bits per heavy atom. The Balaban J connectivity index is 1.72. The SMILES string of the molecule is CC(=O)N[C@@H](CCCN=C(N)N)C(=O)N[C@@H](C)C(=O)N[C@@H]1CNC(=O)[C@@H](CC(=O)O)NC(=O)[C@H](Cc2cnc[nH]2)NC(=O)[C@H](Cc2ccc3ccccc3c2)NC(=O)[C@H](CCCN=C(N)N)NC1=O. The van der Waals surface area contributed by atoms with Crippen molar-refractivity contribution in [1.82, 2.24) is 52.5 Å². The van der Waals surface area contributed by atoms with Gasteiger partial charge in [0.2, 0.25) is 47.3 Å². The van der Waals surface area contributed by atoms with E-state index in [1.54, 1.807) is 6.07 Å². The number of amides is 8. The number of fused-ring (bicyclic) bond motifs is 1. The second-order valence-corrected chi connectivity index (χ2v) is 16.2. The van der Waals surface area contributed by atoms with Crippen molar-refractivity contribution < 1.29 is 48.3 Å². The summed E-state index contributed by atoms with van der Waals surface area (Å²) in [4.78, 5) is 136. The molecule has 4 rings (SSSR count). The monoisotopic (exact) mass is 960 g/mol. The molecule has 0 spiro atoms. The molecule has 2 aromatic carbocycles. The highest BCUT2D eigenvalue weighted by Crippen LogP contribution is 2.17. The number of hydrogen-bond donors (Lipinski definition) is 14. The van der Waals surface area contributed by atoms with Gasteiger partial charge in [0.15, 0.2) is 11.9 Å². The smallest absolute Gasteiger partial charge is 0.305 e. The number of rotatable bonds is 19. The minimum atomic E-state index is -1.78. The molecule has 8 amide bonds. The number of H-pyrrole nitrogens is 1. The number of aromatic nitrogens is 2. The lowest BCUT2D eigenvalue weighted by atomic mass is 9.99. The van der Waals surface area contributed by atoms with Gasteiger partial charge in [0.25, 0.3) is 0 Å². The molecule has 0 unspecified atom stereocenters. The van der Waals surface area contributed by atoms with Gasteiger partial charge in [-0.1, -0.05) is 42.5 Å². The average Bonchev–Trinajstić information content (AvgIpc) is 3.81. The number of carboxylic acid groups (broad SMARTS) is 1. The highest BCUT2D eigenvalue weighted by Gasteiger charge is 2.35. The van der Waals surface area contributed by atoms with Crippen molar-refractivity contribution in [3.05, 3.63) is 66.2 Å². The van der Waals surface area contributed by atoms with E-state index in [2.05, 4.69) is 62.5 Å². The maximum absolute atomic E-state index is 14.4. The predicted octanol–water partition coefficient (Wildman–Crippen LogP) is -4.51. The zero-order valence-electron chi connectivity index (χ0n) is 38.1. The summed E-state index contributed by atoms with van der Waals surface area (Å²) in [5.41, 5.74) is 22.7. The number of carbonyl (C=O) groups is 9. The molecule has 1 saturated heterocycles. The summed E-state index contributed by atoms with van der Waals surface area (Å²) in [6.07, 6.45) is 1.76. The van der Waals surface area contributed by atoms with Gasteiger partial charge in [-0.05, 0) is 48.9 Å². The molecule has 1 aliphatic rings. The van der Waals surface area contributed by atoms with E-state index in [-0.39, 0.29) is 63.5 Å². The predicted molar refractivity (Wildman–Crippen MR) is 250 cm³/mol. The van der Waals surface area contributed by atoms with Crippen LogP contribution in [0.25, 0.3) is 10.8 Å². The van der Waals surface area contributed by atoms with Crippen LogP contribution in [0.15, 0.2) is 65.0 Å². The number of imidazole rings is 1. The molecule has 1 aliphatic heterocycles. The van der Waals surface area contributed by atoms with Gasteiger partial charge in [0.1, 0.15) is 42.3 Å². The van der Waals surface area contributed by atoms with E-state index >= 15 is 0 Å². The van der Waals surface area contributed by atoms with Gasteiger partial charge in [-0.2, -0.15) is 0 Å².